The zero-order chi connectivity index (χ0) is 19.4. The van der Waals surface area contributed by atoms with Crippen LogP contribution in [0.2, 0.25) is 0 Å². The van der Waals surface area contributed by atoms with Crippen molar-refractivity contribution in [3.8, 4) is 0 Å². The summed E-state index contributed by atoms with van der Waals surface area (Å²) < 4.78 is 13.6. The molecule has 4 amide bonds. The van der Waals surface area contributed by atoms with Crippen LogP contribution in [0.3, 0.4) is 0 Å². The maximum absolute atomic E-state index is 13.6. The maximum atomic E-state index is 13.6. The molecule has 3 rings (SSSR count). The summed E-state index contributed by atoms with van der Waals surface area (Å²) >= 11 is 0. The highest BCUT2D eigenvalue weighted by Gasteiger charge is 2.47. The van der Waals surface area contributed by atoms with Crippen molar-refractivity contribution in [2.45, 2.75) is 25.3 Å². The van der Waals surface area contributed by atoms with Crippen LogP contribution < -0.4 is 10.6 Å². The minimum atomic E-state index is -1.08. The lowest BCUT2D eigenvalue weighted by atomic mass is 9.93. The molecule has 7 heteroatoms. The summed E-state index contributed by atoms with van der Waals surface area (Å²) in [6.45, 7) is 1.17. The van der Waals surface area contributed by atoms with Gasteiger partial charge < -0.3 is 10.6 Å². The molecule has 2 aromatic carbocycles. The number of nitrogens with one attached hydrogen (secondary N) is 2. The van der Waals surface area contributed by atoms with E-state index in [-0.39, 0.29) is 5.69 Å². The SMILES string of the molecule is C[C@]1(CCc2ccccc2)NC(=O)N(CC(=O)Nc2ccccc2F)C1=O. The highest BCUT2D eigenvalue weighted by atomic mass is 19.1. The molecular weight excluding hydrogens is 349 g/mol. The number of anilines is 1. The van der Waals surface area contributed by atoms with Crippen LogP contribution in [0.4, 0.5) is 14.9 Å². The third-order valence-electron chi connectivity index (χ3n) is 4.55. The van der Waals surface area contributed by atoms with Crippen LogP contribution in [0.25, 0.3) is 0 Å². The Bertz CT molecular complexity index is 872. The number of amides is 4. The van der Waals surface area contributed by atoms with Crippen molar-refractivity contribution < 1.29 is 18.8 Å². The lowest BCUT2D eigenvalue weighted by molar-refractivity contribution is -0.133. The van der Waals surface area contributed by atoms with Gasteiger partial charge in [0.05, 0.1) is 5.69 Å². The van der Waals surface area contributed by atoms with E-state index < -0.39 is 35.7 Å². The first-order valence-electron chi connectivity index (χ1n) is 8.61. The predicted molar refractivity (Wildman–Crippen MR) is 98.4 cm³/mol. The zero-order valence-electron chi connectivity index (χ0n) is 14.9. The molecule has 27 heavy (non-hydrogen) atoms. The van der Waals surface area contributed by atoms with Gasteiger partial charge in [-0.15, -0.1) is 0 Å². The molecule has 0 bridgehead atoms. The van der Waals surface area contributed by atoms with Gasteiger partial charge in [-0.1, -0.05) is 42.5 Å². The average Bonchev–Trinajstić information content (AvgIpc) is 2.86. The van der Waals surface area contributed by atoms with Gasteiger partial charge in [0.2, 0.25) is 5.91 Å². The van der Waals surface area contributed by atoms with Crippen molar-refractivity contribution >= 4 is 23.5 Å². The van der Waals surface area contributed by atoms with Crippen LogP contribution in [-0.2, 0) is 16.0 Å². The number of hydrogen-bond donors (Lipinski definition) is 2. The zero-order valence-corrected chi connectivity index (χ0v) is 14.9. The standard InChI is InChI=1S/C20H20FN3O3/c1-20(12-11-14-7-3-2-4-8-14)18(26)24(19(27)23-20)13-17(25)22-16-10-6-5-9-15(16)21/h2-10H,11-13H2,1H3,(H,22,25)(H,23,27)/t20-/m1/s1. The first-order valence-corrected chi connectivity index (χ1v) is 8.61. The van der Waals surface area contributed by atoms with Crippen LogP contribution in [0.15, 0.2) is 54.6 Å². The van der Waals surface area contributed by atoms with Crippen LogP contribution in [0.1, 0.15) is 18.9 Å². The number of imide groups is 1. The summed E-state index contributed by atoms with van der Waals surface area (Å²) in [6.07, 6.45) is 1.02. The number of halogens is 1. The highest BCUT2D eigenvalue weighted by molar-refractivity contribution is 6.09. The van der Waals surface area contributed by atoms with Gasteiger partial charge in [-0.2, -0.15) is 0 Å². The van der Waals surface area contributed by atoms with Crippen molar-refractivity contribution in [3.05, 3.63) is 66.0 Å². The van der Waals surface area contributed by atoms with E-state index in [0.717, 1.165) is 10.5 Å². The van der Waals surface area contributed by atoms with E-state index >= 15 is 0 Å². The Kier molecular flexibility index (Phi) is 5.21. The fourth-order valence-electron chi connectivity index (χ4n) is 3.00. The molecule has 0 spiro atoms. The van der Waals surface area contributed by atoms with E-state index in [1.165, 1.54) is 18.2 Å². The largest absolute Gasteiger partial charge is 0.325 e. The highest BCUT2D eigenvalue weighted by Crippen LogP contribution is 2.23. The van der Waals surface area contributed by atoms with E-state index in [4.69, 9.17) is 0 Å². The van der Waals surface area contributed by atoms with Gasteiger partial charge in [-0.3, -0.25) is 14.5 Å². The molecule has 1 fully saturated rings. The molecule has 1 saturated heterocycles. The monoisotopic (exact) mass is 369 g/mol. The number of urea groups is 1. The Hall–Kier alpha value is -3.22. The Labute approximate surface area is 156 Å². The molecule has 0 aromatic heterocycles. The molecule has 2 N–H and O–H groups in total. The predicted octanol–water partition coefficient (Wildman–Crippen LogP) is 2.71. The Morgan fingerprint density at radius 3 is 2.48 bits per heavy atom. The lowest BCUT2D eigenvalue weighted by Crippen LogP contribution is -2.45. The van der Waals surface area contributed by atoms with Gasteiger partial charge in [0, 0.05) is 0 Å². The summed E-state index contributed by atoms with van der Waals surface area (Å²) in [4.78, 5) is 37.9. The number of benzene rings is 2. The van der Waals surface area contributed by atoms with E-state index in [0.29, 0.717) is 12.8 Å². The molecular formula is C20H20FN3O3. The second kappa shape index (κ2) is 7.57. The molecule has 1 heterocycles. The number of aryl methyl sites for hydroxylation is 1. The normalized spacial score (nSPS) is 19.1. The Morgan fingerprint density at radius 2 is 1.78 bits per heavy atom. The number of carbonyl (C=O) groups is 3. The summed E-state index contributed by atoms with van der Waals surface area (Å²) in [5.74, 6) is -1.70. The van der Waals surface area contributed by atoms with E-state index in [2.05, 4.69) is 10.6 Å². The van der Waals surface area contributed by atoms with Gasteiger partial charge in [-0.25, -0.2) is 9.18 Å². The third-order valence-corrected chi connectivity index (χ3v) is 4.55. The van der Waals surface area contributed by atoms with Crippen molar-refractivity contribution in [2.75, 3.05) is 11.9 Å². The number of para-hydroxylation sites is 1. The molecule has 0 unspecified atom stereocenters. The molecule has 140 valence electrons. The molecule has 6 nitrogen and oxygen atoms in total. The van der Waals surface area contributed by atoms with Crippen LogP contribution in [-0.4, -0.2) is 34.8 Å². The van der Waals surface area contributed by atoms with Crippen LogP contribution in [0, 0.1) is 5.82 Å². The van der Waals surface area contributed by atoms with Crippen molar-refractivity contribution in [2.24, 2.45) is 0 Å². The van der Waals surface area contributed by atoms with Crippen molar-refractivity contribution in [3.63, 3.8) is 0 Å². The number of rotatable bonds is 6. The molecule has 1 atom stereocenters. The fraction of sp³-hybridized carbons (Fsp3) is 0.250. The van der Waals surface area contributed by atoms with E-state index in [1.54, 1.807) is 13.0 Å². The van der Waals surface area contributed by atoms with Gasteiger partial charge in [0.15, 0.2) is 0 Å². The second-order valence-corrected chi connectivity index (χ2v) is 6.67. The molecule has 1 aliphatic rings. The lowest BCUT2D eigenvalue weighted by Gasteiger charge is -2.21. The van der Waals surface area contributed by atoms with Crippen molar-refractivity contribution in [1.29, 1.82) is 0 Å². The number of nitrogens with zero attached hydrogens (tertiary/aromatic N) is 1. The summed E-state index contributed by atoms with van der Waals surface area (Å²) in [5.41, 5.74) is -0.0245. The van der Waals surface area contributed by atoms with E-state index in [1.807, 2.05) is 30.3 Å². The van der Waals surface area contributed by atoms with E-state index in [9.17, 15) is 18.8 Å². The van der Waals surface area contributed by atoms with Crippen LogP contribution >= 0.6 is 0 Å². The average molecular weight is 369 g/mol. The fourth-order valence-corrected chi connectivity index (χ4v) is 3.00. The third kappa shape index (κ3) is 4.13. The second-order valence-electron chi connectivity index (χ2n) is 6.67. The summed E-state index contributed by atoms with van der Waals surface area (Å²) in [7, 11) is 0. The first-order chi connectivity index (χ1) is 12.9. The number of hydrogen-bond acceptors (Lipinski definition) is 3. The summed E-state index contributed by atoms with van der Waals surface area (Å²) in [5, 5.41) is 5.04. The smallest absolute Gasteiger partial charge is 0.323 e. The quantitative estimate of drug-likeness (QED) is 0.769. The maximum Gasteiger partial charge on any atom is 0.325 e. The van der Waals surface area contributed by atoms with Crippen molar-refractivity contribution in [1.82, 2.24) is 10.2 Å². The first kappa shape index (κ1) is 18.6. The van der Waals surface area contributed by atoms with Crippen LogP contribution in [0.5, 0.6) is 0 Å². The molecule has 1 aliphatic heterocycles. The summed E-state index contributed by atoms with van der Waals surface area (Å²) in [6, 6.07) is 14.7. The van der Waals surface area contributed by atoms with Gasteiger partial charge in [0.1, 0.15) is 17.9 Å². The number of carbonyl (C=O) groups excluding carboxylic acids is 3. The van der Waals surface area contributed by atoms with Gasteiger partial charge in [-0.05, 0) is 37.5 Å². The Balaban J connectivity index is 1.63. The van der Waals surface area contributed by atoms with Gasteiger partial charge in [0.25, 0.3) is 5.91 Å². The molecule has 0 saturated carbocycles. The Morgan fingerprint density at radius 1 is 1.11 bits per heavy atom. The molecule has 2 aromatic rings. The minimum absolute atomic E-state index is 0.00129. The van der Waals surface area contributed by atoms with Gasteiger partial charge >= 0.3 is 6.03 Å². The molecule has 0 aliphatic carbocycles. The molecule has 0 radical (unpaired) electrons. The topological polar surface area (TPSA) is 78.5 Å². The minimum Gasteiger partial charge on any atom is -0.323 e.